The summed E-state index contributed by atoms with van der Waals surface area (Å²) in [6, 6.07) is 0.997. The lowest BCUT2D eigenvalue weighted by atomic mass is 9.95. The summed E-state index contributed by atoms with van der Waals surface area (Å²) in [6.07, 6.45) is 4.60. The molecule has 3 aliphatic rings. The summed E-state index contributed by atoms with van der Waals surface area (Å²) >= 11 is 0. The molecule has 1 N–H and O–H groups in total. The minimum absolute atomic E-state index is 0.0714. The highest BCUT2D eigenvalue weighted by molar-refractivity contribution is 5.82. The predicted molar refractivity (Wildman–Crippen MR) is 62.7 cm³/mol. The van der Waals surface area contributed by atoms with Gasteiger partial charge < -0.3 is 9.84 Å². The van der Waals surface area contributed by atoms with Crippen LogP contribution in [0.15, 0.2) is 0 Å². The quantitative estimate of drug-likeness (QED) is 0.766. The van der Waals surface area contributed by atoms with Crippen LogP contribution in [0.5, 0.6) is 0 Å². The molecule has 2 bridgehead atoms. The van der Waals surface area contributed by atoms with E-state index in [4.69, 9.17) is 4.74 Å². The predicted octanol–water partition coefficient (Wildman–Crippen LogP) is 0.580. The lowest BCUT2D eigenvalue weighted by Gasteiger charge is -2.39. The number of Topliss-reactive ketones (excluding diaryl/α,β-unsaturated/α-hetero) is 1. The van der Waals surface area contributed by atoms with Gasteiger partial charge in [-0.1, -0.05) is 0 Å². The van der Waals surface area contributed by atoms with Crippen molar-refractivity contribution in [3.8, 4) is 0 Å². The average Bonchev–Trinajstić information content (AvgIpc) is 2.56. The van der Waals surface area contributed by atoms with Gasteiger partial charge in [0.15, 0.2) is 0 Å². The second-order valence-corrected chi connectivity index (χ2v) is 5.70. The first-order valence-electron chi connectivity index (χ1n) is 6.78. The van der Waals surface area contributed by atoms with Crippen molar-refractivity contribution >= 4 is 5.78 Å². The fourth-order valence-corrected chi connectivity index (χ4v) is 3.65. The minimum Gasteiger partial charge on any atom is -0.393 e. The van der Waals surface area contributed by atoms with Crippen LogP contribution >= 0.6 is 0 Å². The number of hydrogen-bond acceptors (Lipinski definition) is 4. The maximum absolute atomic E-state index is 11.8. The number of ether oxygens (including phenoxy) is 1. The van der Waals surface area contributed by atoms with Crippen LogP contribution in [-0.4, -0.2) is 53.7 Å². The first kappa shape index (κ1) is 11.6. The Bertz CT molecular complexity index is 293. The number of carbonyl (C=O) groups excluding carboxylic acids is 1. The first-order valence-corrected chi connectivity index (χ1v) is 6.78. The lowest BCUT2D eigenvalue weighted by Crippen LogP contribution is -2.49. The monoisotopic (exact) mass is 239 g/mol. The number of rotatable bonds is 2. The van der Waals surface area contributed by atoms with E-state index in [1.807, 2.05) is 0 Å². The van der Waals surface area contributed by atoms with Crippen molar-refractivity contribution < 1.29 is 14.6 Å². The summed E-state index contributed by atoms with van der Waals surface area (Å²) < 4.78 is 5.41. The highest BCUT2D eigenvalue weighted by Gasteiger charge is 2.41. The summed E-state index contributed by atoms with van der Waals surface area (Å²) in [5.74, 6) is 0.434. The molecule has 96 valence electrons. The van der Waals surface area contributed by atoms with Crippen LogP contribution in [0.3, 0.4) is 0 Å². The number of aliphatic hydroxyl groups excluding tert-OH is 1. The van der Waals surface area contributed by atoms with Gasteiger partial charge in [-0.25, -0.2) is 0 Å². The van der Waals surface area contributed by atoms with Crippen LogP contribution in [0.2, 0.25) is 0 Å². The molecule has 3 saturated heterocycles. The summed E-state index contributed by atoms with van der Waals surface area (Å²) in [4.78, 5) is 14.3. The van der Waals surface area contributed by atoms with Gasteiger partial charge in [0.1, 0.15) is 5.78 Å². The third kappa shape index (κ3) is 2.26. The smallest absolute Gasteiger partial charge is 0.141 e. The van der Waals surface area contributed by atoms with E-state index in [-0.39, 0.29) is 12.0 Å². The number of ketones is 1. The van der Waals surface area contributed by atoms with E-state index < -0.39 is 0 Å². The zero-order chi connectivity index (χ0) is 11.8. The Labute approximate surface area is 102 Å². The van der Waals surface area contributed by atoms with Crippen molar-refractivity contribution in [1.82, 2.24) is 4.90 Å². The van der Waals surface area contributed by atoms with E-state index in [0.717, 1.165) is 19.4 Å². The van der Waals surface area contributed by atoms with Gasteiger partial charge in [0.25, 0.3) is 0 Å². The molecule has 0 aromatic heterocycles. The van der Waals surface area contributed by atoms with E-state index in [9.17, 15) is 9.90 Å². The molecule has 0 aromatic rings. The molecule has 3 aliphatic heterocycles. The number of piperidine rings is 1. The van der Waals surface area contributed by atoms with Crippen LogP contribution < -0.4 is 0 Å². The normalized spacial score (nSPS) is 43.0. The summed E-state index contributed by atoms with van der Waals surface area (Å²) in [5, 5.41) is 9.75. The second kappa shape index (κ2) is 4.67. The molecule has 0 saturated carbocycles. The average molecular weight is 239 g/mol. The van der Waals surface area contributed by atoms with Gasteiger partial charge >= 0.3 is 0 Å². The highest BCUT2D eigenvalue weighted by atomic mass is 16.5. The van der Waals surface area contributed by atoms with Crippen LogP contribution in [0.25, 0.3) is 0 Å². The molecule has 3 fully saturated rings. The van der Waals surface area contributed by atoms with Gasteiger partial charge in [-0.05, 0) is 25.7 Å². The fourth-order valence-electron chi connectivity index (χ4n) is 3.65. The number of aliphatic hydroxyl groups is 1. The van der Waals surface area contributed by atoms with Gasteiger partial charge in [0, 0.05) is 25.0 Å². The zero-order valence-corrected chi connectivity index (χ0v) is 10.2. The van der Waals surface area contributed by atoms with Gasteiger partial charge in [-0.15, -0.1) is 0 Å². The molecule has 3 heterocycles. The molecule has 0 aliphatic carbocycles. The van der Waals surface area contributed by atoms with E-state index >= 15 is 0 Å². The molecule has 0 spiro atoms. The van der Waals surface area contributed by atoms with Crippen molar-refractivity contribution in [3.63, 3.8) is 0 Å². The van der Waals surface area contributed by atoms with Crippen molar-refractivity contribution in [3.05, 3.63) is 0 Å². The van der Waals surface area contributed by atoms with Crippen LogP contribution in [0, 0.1) is 5.92 Å². The Balaban J connectivity index is 1.63. The Hall–Kier alpha value is -0.450. The summed E-state index contributed by atoms with van der Waals surface area (Å²) in [6.45, 7) is 2.04. The maximum Gasteiger partial charge on any atom is 0.141 e. The van der Waals surface area contributed by atoms with Gasteiger partial charge in [0.2, 0.25) is 0 Å². The molecular formula is C13H21NO3. The van der Waals surface area contributed by atoms with Crippen LogP contribution in [0.4, 0.5) is 0 Å². The number of carbonyl (C=O) groups is 1. The van der Waals surface area contributed by atoms with E-state index in [0.29, 0.717) is 37.5 Å². The van der Waals surface area contributed by atoms with Crippen LogP contribution in [0.1, 0.15) is 32.1 Å². The molecule has 0 aromatic carbocycles. The van der Waals surface area contributed by atoms with E-state index in [1.54, 1.807) is 0 Å². The highest BCUT2D eigenvalue weighted by Crippen LogP contribution is 2.36. The number of nitrogens with zero attached hydrogens (tertiary/aromatic N) is 1. The third-order valence-electron chi connectivity index (χ3n) is 4.56. The molecule has 3 atom stereocenters. The topological polar surface area (TPSA) is 49.8 Å². The Morgan fingerprint density at radius 1 is 1.29 bits per heavy atom. The van der Waals surface area contributed by atoms with Crippen molar-refractivity contribution in [2.24, 2.45) is 5.92 Å². The Morgan fingerprint density at radius 3 is 2.65 bits per heavy atom. The van der Waals surface area contributed by atoms with E-state index in [1.165, 1.54) is 12.8 Å². The molecule has 0 radical (unpaired) electrons. The zero-order valence-electron chi connectivity index (χ0n) is 10.2. The number of hydrogen-bond donors (Lipinski definition) is 1. The largest absolute Gasteiger partial charge is 0.393 e. The first-order chi connectivity index (χ1) is 8.24. The minimum atomic E-state index is -0.123. The summed E-state index contributed by atoms with van der Waals surface area (Å²) in [5.41, 5.74) is 0. The Morgan fingerprint density at radius 2 is 2.00 bits per heavy atom. The standard InChI is InChI=1S/C13H21NO3/c15-12-5-10-1-2-11(6-12)14(10)7-9-8-17-4-3-13(9)16/h9-12,15H,1-8H2. The SMILES string of the molecule is O=C1CCOCC1CN1C2CCC1CC(O)C2. The summed E-state index contributed by atoms with van der Waals surface area (Å²) in [7, 11) is 0. The van der Waals surface area contributed by atoms with Crippen LogP contribution in [-0.2, 0) is 9.53 Å². The lowest BCUT2D eigenvalue weighted by molar-refractivity contribution is -0.132. The maximum atomic E-state index is 11.8. The van der Waals surface area contributed by atoms with Crippen molar-refractivity contribution in [2.75, 3.05) is 19.8 Å². The van der Waals surface area contributed by atoms with Gasteiger partial charge in [-0.2, -0.15) is 0 Å². The Kier molecular flexibility index (Phi) is 3.19. The van der Waals surface area contributed by atoms with Crippen molar-refractivity contribution in [1.29, 1.82) is 0 Å². The molecule has 3 unspecified atom stereocenters. The third-order valence-corrected chi connectivity index (χ3v) is 4.56. The van der Waals surface area contributed by atoms with Gasteiger partial charge in [0.05, 0.1) is 25.2 Å². The molecule has 4 nitrogen and oxygen atoms in total. The molecule has 3 rings (SSSR count). The molecule has 17 heavy (non-hydrogen) atoms. The molecular weight excluding hydrogens is 218 g/mol. The van der Waals surface area contributed by atoms with Gasteiger partial charge in [-0.3, -0.25) is 9.69 Å². The molecule has 0 amide bonds. The molecule has 4 heteroatoms. The number of fused-ring (bicyclic) bond motifs is 2. The van der Waals surface area contributed by atoms with E-state index in [2.05, 4.69) is 4.90 Å². The van der Waals surface area contributed by atoms with Crippen molar-refractivity contribution in [2.45, 2.75) is 50.3 Å². The second-order valence-electron chi connectivity index (χ2n) is 5.70. The fraction of sp³-hybridized carbons (Fsp3) is 0.923.